The van der Waals surface area contributed by atoms with Crippen LogP contribution in [0.15, 0.2) is 42.5 Å². The van der Waals surface area contributed by atoms with E-state index >= 15 is 0 Å². The number of benzene rings is 2. The zero-order valence-electron chi connectivity index (χ0n) is 9.69. The summed E-state index contributed by atoms with van der Waals surface area (Å²) in [5, 5.41) is 3.75. The molecule has 0 aliphatic carbocycles. The molecule has 3 nitrogen and oxygen atoms in total. The van der Waals surface area contributed by atoms with Crippen molar-refractivity contribution in [1.29, 1.82) is 0 Å². The number of amides is 1. The summed E-state index contributed by atoms with van der Waals surface area (Å²) in [7, 11) is 0. The van der Waals surface area contributed by atoms with E-state index in [1.807, 2.05) is 6.07 Å². The molecule has 19 heavy (non-hydrogen) atoms. The van der Waals surface area contributed by atoms with Gasteiger partial charge in [-0.25, -0.2) is 0 Å². The highest BCUT2D eigenvalue weighted by Crippen LogP contribution is 2.32. The smallest absolute Gasteiger partial charge is 0.258 e. The topological polar surface area (TPSA) is 38.3 Å². The van der Waals surface area contributed by atoms with Crippen LogP contribution in [0.1, 0.15) is 22.1 Å². The lowest BCUT2D eigenvalue weighted by atomic mass is 10.1. The van der Waals surface area contributed by atoms with E-state index in [-0.39, 0.29) is 5.91 Å². The Balaban J connectivity index is 1.99. The van der Waals surface area contributed by atoms with Gasteiger partial charge >= 0.3 is 0 Å². The monoisotopic (exact) mass is 293 g/mol. The van der Waals surface area contributed by atoms with E-state index in [4.69, 9.17) is 27.9 Å². The van der Waals surface area contributed by atoms with Gasteiger partial charge in [-0.05, 0) is 24.3 Å². The SMILES string of the molecule is O=C1N[C@@H](c2ccc(Cl)cc2Cl)Oc2ccccc21. The van der Waals surface area contributed by atoms with Crippen molar-refractivity contribution in [2.45, 2.75) is 6.23 Å². The van der Waals surface area contributed by atoms with Crippen LogP contribution in [0.2, 0.25) is 10.0 Å². The lowest BCUT2D eigenvalue weighted by Crippen LogP contribution is -2.36. The molecular formula is C14H9Cl2NO2. The number of carbonyl (C=O) groups excluding carboxylic acids is 1. The van der Waals surface area contributed by atoms with Crippen LogP contribution in [-0.2, 0) is 0 Å². The second-order valence-electron chi connectivity index (χ2n) is 4.13. The first-order valence-corrected chi connectivity index (χ1v) is 6.42. The highest BCUT2D eigenvalue weighted by Gasteiger charge is 2.27. The van der Waals surface area contributed by atoms with Crippen molar-refractivity contribution in [3.05, 3.63) is 63.6 Å². The van der Waals surface area contributed by atoms with Crippen LogP contribution in [-0.4, -0.2) is 5.91 Å². The third-order valence-corrected chi connectivity index (χ3v) is 3.45. The number of halogens is 2. The van der Waals surface area contributed by atoms with Crippen LogP contribution in [0.5, 0.6) is 5.75 Å². The van der Waals surface area contributed by atoms with Crippen molar-refractivity contribution in [1.82, 2.24) is 5.32 Å². The van der Waals surface area contributed by atoms with Crippen molar-refractivity contribution in [3.8, 4) is 5.75 Å². The number of hydrogen-bond donors (Lipinski definition) is 1. The molecule has 0 fully saturated rings. The molecule has 1 aliphatic rings. The molecule has 1 N–H and O–H groups in total. The van der Waals surface area contributed by atoms with Gasteiger partial charge in [-0.1, -0.05) is 41.4 Å². The molecule has 0 aromatic heterocycles. The van der Waals surface area contributed by atoms with Gasteiger partial charge in [0, 0.05) is 10.6 Å². The zero-order valence-corrected chi connectivity index (χ0v) is 11.2. The second-order valence-corrected chi connectivity index (χ2v) is 4.98. The number of rotatable bonds is 1. The Hall–Kier alpha value is -1.71. The van der Waals surface area contributed by atoms with Crippen LogP contribution in [0, 0.1) is 0 Å². The van der Waals surface area contributed by atoms with E-state index in [0.717, 1.165) is 0 Å². The molecular weight excluding hydrogens is 285 g/mol. The Morgan fingerprint density at radius 2 is 1.89 bits per heavy atom. The lowest BCUT2D eigenvalue weighted by Gasteiger charge is -2.27. The molecule has 0 unspecified atom stereocenters. The quantitative estimate of drug-likeness (QED) is 0.868. The summed E-state index contributed by atoms with van der Waals surface area (Å²) in [6, 6.07) is 12.1. The van der Waals surface area contributed by atoms with Gasteiger partial charge in [0.1, 0.15) is 5.75 Å². The third kappa shape index (κ3) is 2.27. The molecule has 1 heterocycles. The standard InChI is InChI=1S/C14H9Cl2NO2/c15-8-5-6-9(11(16)7-8)14-17-13(18)10-3-1-2-4-12(10)19-14/h1-7,14H,(H,17,18)/t14-/m1/s1. The van der Waals surface area contributed by atoms with E-state index in [2.05, 4.69) is 5.32 Å². The average molecular weight is 294 g/mol. The number of para-hydroxylation sites is 1. The summed E-state index contributed by atoms with van der Waals surface area (Å²) >= 11 is 12.0. The molecule has 96 valence electrons. The maximum absolute atomic E-state index is 12.0. The van der Waals surface area contributed by atoms with Crippen molar-refractivity contribution < 1.29 is 9.53 Å². The third-order valence-electron chi connectivity index (χ3n) is 2.88. The normalized spacial score (nSPS) is 17.4. The number of ether oxygens (including phenoxy) is 1. The molecule has 0 saturated carbocycles. The largest absolute Gasteiger partial charge is 0.466 e. The molecule has 0 spiro atoms. The molecule has 0 bridgehead atoms. The van der Waals surface area contributed by atoms with Crippen LogP contribution in [0.4, 0.5) is 0 Å². The number of nitrogens with one attached hydrogen (secondary N) is 1. The van der Waals surface area contributed by atoms with Crippen LogP contribution in [0.3, 0.4) is 0 Å². The van der Waals surface area contributed by atoms with Crippen LogP contribution >= 0.6 is 23.2 Å². The maximum Gasteiger partial charge on any atom is 0.258 e. The van der Waals surface area contributed by atoms with Crippen molar-refractivity contribution in [2.75, 3.05) is 0 Å². The molecule has 1 amide bonds. The van der Waals surface area contributed by atoms with Crippen molar-refractivity contribution >= 4 is 29.1 Å². The van der Waals surface area contributed by atoms with Gasteiger partial charge in [0.2, 0.25) is 0 Å². The minimum absolute atomic E-state index is 0.183. The molecule has 2 aromatic rings. The molecule has 3 rings (SSSR count). The van der Waals surface area contributed by atoms with Gasteiger partial charge in [0.25, 0.3) is 5.91 Å². The van der Waals surface area contributed by atoms with Gasteiger partial charge in [-0.2, -0.15) is 0 Å². The molecule has 1 atom stereocenters. The van der Waals surface area contributed by atoms with E-state index < -0.39 is 6.23 Å². The van der Waals surface area contributed by atoms with Crippen LogP contribution in [0.25, 0.3) is 0 Å². The first-order chi connectivity index (χ1) is 9.15. The summed E-state index contributed by atoms with van der Waals surface area (Å²) in [6.45, 7) is 0. The Bertz CT molecular complexity index is 658. The lowest BCUT2D eigenvalue weighted by molar-refractivity contribution is 0.0756. The van der Waals surface area contributed by atoms with E-state index in [1.165, 1.54) is 0 Å². The van der Waals surface area contributed by atoms with E-state index in [1.54, 1.807) is 36.4 Å². The fourth-order valence-corrected chi connectivity index (χ4v) is 2.47. The fourth-order valence-electron chi connectivity index (χ4n) is 1.97. The van der Waals surface area contributed by atoms with Gasteiger partial charge < -0.3 is 10.1 Å². The Morgan fingerprint density at radius 1 is 1.11 bits per heavy atom. The second kappa shape index (κ2) is 4.76. The van der Waals surface area contributed by atoms with E-state index in [9.17, 15) is 4.79 Å². The summed E-state index contributed by atoms with van der Waals surface area (Å²) in [5.74, 6) is 0.361. The highest BCUT2D eigenvalue weighted by molar-refractivity contribution is 6.35. The summed E-state index contributed by atoms with van der Waals surface area (Å²) < 4.78 is 5.75. The summed E-state index contributed by atoms with van der Waals surface area (Å²) in [4.78, 5) is 12.0. The molecule has 0 radical (unpaired) electrons. The van der Waals surface area contributed by atoms with Crippen molar-refractivity contribution in [2.24, 2.45) is 0 Å². The van der Waals surface area contributed by atoms with Crippen LogP contribution < -0.4 is 10.1 Å². The zero-order chi connectivity index (χ0) is 13.4. The predicted molar refractivity (Wildman–Crippen MR) is 73.7 cm³/mol. The number of fused-ring (bicyclic) bond motifs is 1. The molecule has 2 aromatic carbocycles. The average Bonchev–Trinajstić information content (AvgIpc) is 2.38. The minimum Gasteiger partial charge on any atom is -0.466 e. The van der Waals surface area contributed by atoms with Crippen molar-refractivity contribution in [3.63, 3.8) is 0 Å². The summed E-state index contributed by atoms with van der Waals surface area (Å²) in [6.07, 6.45) is -0.604. The Morgan fingerprint density at radius 3 is 2.68 bits per heavy atom. The number of hydrogen-bond acceptors (Lipinski definition) is 2. The Kier molecular flexibility index (Phi) is 3.09. The first kappa shape index (κ1) is 12.3. The highest BCUT2D eigenvalue weighted by atomic mass is 35.5. The molecule has 1 aliphatic heterocycles. The predicted octanol–water partition coefficient (Wildman–Crippen LogP) is 3.81. The molecule has 5 heteroatoms. The fraction of sp³-hybridized carbons (Fsp3) is 0.0714. The maximum atomic E-state index is 12.0. The van der Waals surface area contributed by atoms with Gasteiger partial charge in [0.15, 0.2) is 6.23 Å². The van der Waals surface area contributed by atoms with Gasteiger partial charge in [-0.15, -0.1) is 0 Å². The summed E-state index contributed by atoms with van der Waals surface area (Å²) in [5.41, 5.74) is 1.19. The van der Waals surface area contributed by atoms with Gasteiger partial charge in [-0.3, -0.25) is 4.79 Å². The van der Waals surface area contributed by atoms with E-state index in [0.29, 0.717) is 26.9 Å². The molecule has 0 saturated heterocycles. The number of carbonyl (C=O) groups is 1. The Labute approximate surface area is 120 Å². The van der Waals surface area contributed by atoms with Gasteiger partial charge in [0.05, 0.1) is 10.6 Å². The minimum atomic E-state index is -0.604. The first-order valence-electron chi connectivity index (χ1n) is 5.66.